The Balaban J connectivity index is 1.87. The lowest BCUT2D eigenvalue weighted by Crippen LogP contribution is -2.50. The van der Waals surface area contributed by atoms with Crippen LogP contribution in [0, 0.1) is 5.82 Å². The van der Waals surface area contributed by atoms with E-state index in [-0.39, 0.29) is 17.7 Å². The van der Waals surface area contributed by atoms with Gasteiger partial charge in [0.05, 0.1) is 13.1 Å². The zero-order chi connectivity index (χ0) is 19.8. The van der Waals surface area contributed by atoms with Crippen molar-refractivity contribution in [1.29, 1.82) is 0 Å². The molecule has 0 spiro atoms. The summed E-state index contributed by atoms with van der Waals surface area (Å²) in [7, 11) is 3.55. The van der Waals surface area contributed by atoms with E-state index in [1.807, 2.05) is 6.92 Å². The molecule has 1 aliphatic rings. The van der Waals surface area contributed by atoms with Gasteiger partial charge in [-0.05, 0) is 37.5 Å². The molecule has 0 aromatic heterocycles. The van der Waals surface area contributed by atoms with Gasteiger partial charge in [-0.1, -0.05) is 6.07 Å². The second-order valence-corrected chi connectivity index (χ2v) is 6.96. The van der Waals surface area contributed by atoms with Gasteiger partial charge in [-0.15, -0.1) is 0 Å². The van der Waals surface area contributed by atoms with E-state index in [0.717, 1.165) is 32.5 Å². The monoisotopic (exact) mass is 379 g/mol. The van der Waals surface area contributed by atoms with E-state index >= 15 is 0 Å². The molecule has 1 aliphatic heterocycles. The van der Waals surface area contributed by atoms with E-state index in [1.54, 1.807) is 25.1 Å². The minimum Gasteiger partial charge on any atom is -0.505 e. The summed E-state index contributed by atoms with van der Waals surface area (Å²) in [6, 6.07) is 4.57. The molecule has 150 valence electrons. The van der Waals surface area contributed by atoms with Crippen LogP contribution in [-0.4, -0.2) is 73.1 Å². The van der Waals surface area contributed by atoms with E-state index < -0.39 is 5.82 Å². The number of aliphatic imine (C=N–C) groups is 1. The SMILES string of the molecule is CCNC(=NCc1ccc(O)c(F)c1)NC1CCN(CC(=O)N(C)C)CC1. The molecule has 1 fully saturated rings. The smallest absolute Gasteiger partial charge is 0.236 e. The molecule has 1 heterocycles. The molecule has 1 aromatic carbocycles. The van der Waals surface area contributed by atoms with Gasteiger partial charge in [0.2, 0.25) is 5.91 Å². The number of halogens is 1. The van der Waals surface area contributed by atoms with Crippen LogP contribution in [0.2, 0.25) is 0 Å². The first-order chi connectivity index (χ1) is 12.9. The molecule has 0 bridgehead atoms. The molecule has 0 unspecified atom stereocenters. The fourth-order valence-corrected chi connectivity index (χ4v) is 2.90. The van der Waals surface area contributed by atoms with E-state index in [0.29, 0.717) is 24.6 Å². The predicted octanol–water partition coefficient (Wildman–Crippen LogP) is 1.14. The van der Waals surface area contributed by atoms with Crippen LogP contribution in [0.4, 0.5) is 4.39 Å². The summed E-state index contributed by atoms with van der Waals surface area (Å²) in [5.41, 5.74) is 0.694. The standard InChI is InChI=1S/C19H30FN5O2/c1-4-21-19(22-12-14-5-6-17(26)16(20)11-14)23-15-7-9-25(10-8-15)13-18(27)24(2)3/h5-6,11,15,26H,4,7-10,12-13H2,1-3H3,(H2,21,22,23). The molecule has 8 heteroatoms. The van der Waals surface area contributed by atoms with Crippen molar-refractivity contribution in [2.24, 2.45) is 4.99 Å². The van der Waals surface area contributed by atoms with Crippen molar-refractivity contribution in [2.45, 2.75) is 32.4 Å². The Morgan fingerprint density at radius 3 is 2.67 bits per heavy atom. The first-order valence-electron chi connectivity index (χ1n) is 9.33. The Hall–Kier alpha value is -2.35. The maximum atomic E-state index is 13.4. The van der Waals surface area contributed by atoms with E-state index in [9.17, 15) is 14.3 Å². The number of aromatic hydroxyl groups is 1. The number of piperidine rings is 1. The second-order valence-electron chi connectivity index (χ2n) is 6.96. The molecule has 2 rings (SSSR count). The fourth-order valence-electron chi connectivity index (χ4n) is 2.90. The number of carbonyl (C=O) groups is 1. The Labute approximate surface area is 160 Å². The summed E-state index contributed by atoms with van der Waals surface area (Å²) in [6.07, 6.45) is 1.86. The minimum atomic E-state index is -0.639. The summed E-state index contributed by atoms with van der Waals surface area (Å²) < 4.78 is 13.4. The van der Waals surface area contributed by atoms with Crippen LogP contribution in [0.3, 0.4) is 0 Å². The van der Waals surface area contributed by atoms with E-state index in [4.69, 9.17) is 0 Å². The summed E-state index contributed by atoms with van der Waals surface area (Å²) in [4.78, 5) is 20.1. The first-order valence-corrected chi connectivity index (χ1v) is 9.33. The molecule has 7 nitrogen and oxygen atoms in total. The summed E-state index contributed by atoms with van der Waals surface area (Å²) in [5.74, 6) is -0.182. The highest BCUT2D eigenvalue weighted by atomic mass is 19.1. The van der Waals surface area contributed by atoms with Crippen molar-refractivity contribution >= 4 is 11.9 Å². The number of phenols is 1. The number of likely N-dealkylation sites (N-methyl/N-ethyl adjacent to an activating group) is 1. The Bertz CT molecular complexity index is 658. The van der Waals surface area contributed by atoms with Crippen molar-refractivity contribution in [3.8, 4) is 5.75 Å². The Morgan fingerprint density at radius 1 is 1.37 bits per heavy atom. The van der Waals surface area contributed by atoms with Crippen molar-refractivity contribution in [3.05, 3.63) is 29.6 Å². The van der Waals surface area contributed by atoms with E-state index in [1.165, 1.54) is 12.1 Å². The maximum absolute atomic E-state index is 13.4. The number of guanidine groups is 1. The average Bonchev–Trinajstić information content (AvgIpc) is 2.64. The number of benzene rings is 1. The molecule has 0 aliphatic carbocycles. The van der Waals surface area contributed by atoms with Crippen LogP contribution in [0.5, 0.6) is 5.75 Å². The number of hydrogen-bond acceptors (Lipinski definition) is 4. The van der Waals surface area contributed by atoms with Crippen LogP contribution in [0.15, 0.2) is 23.2 Å². The highest BCUT2D eigenvalue weighted by Crippen LogP contribution is 2.16. The normalized spacial score (nSPS) is 16.2. The molecule has 3 N–H and O–H groups in total. The van der Waals surface area contributed by atoms with Gasteiger partial charge in [-0.25, -0.2) is 9.38 Å². The van der Waals surface area contributed by atoms with Crippen molar-refractivity contribution in [2.75, 3.05) is 40.3 Å². The number of hydrogen-bond donors (Lipinski definition) is 3. The number of phenolic OH excluding ortho intramolecular Hbond substituents is 1. The average molecular weight is 379 g/mol. The third-order valence-corrected chi connectivity index (χ3v) is 4.56. The molecular weight excluding hydrogens is 349 g/mol. The highest BCUT2D eigenvalue weighted by Gasteiger charge is 2.22. The predicted molar refractivity (Wildman–Crippen MR) is 104 cm³/mol. The lowest BCUT2D eigenvalue weighted by Gasteiger charge is -2.33. The molecule has 27 heavy (non-hydrogen) atoms. The summed E-state index contributed by atoms with van der Waals surface area (Å²) in [5, 5.41) is 15.9. The largest absolute Gasteiger partial charge is 0.505 e. The number of nitrogens with zero attached hydrogens (tertiary/aromatic N) is 3. The highest BCUT2D eigenvalue weighted by molar-refractivity contribution is 5.80. The van der Waals surface area contributed by atoms with Crippen LogP contribution in [0.1, 0.15) is 25.3 Å². The molecule has 0 saturated carbocycles. The quantitative estimate of drug-likeness (QED) is 0.510. The fraction of sp³-hybridized carbons (Fsp3) is 0.579. The van der Waals surface area contributed by atoms with Crippen LogP contribution < -0.4 is 10.6 Å². The van der Waals surface area contributed by atoms with Gasteiger partial charge in [0.15, 0.2) is 17.5 Å². The van der Waals surface area contributed by atoms with Crippen LogP contribution >= 0.6 is 0 Å². The number of carbonyl (C=O) groups excluding carboxylic acids is 1. The van der Waals surface area contributed by atoms with Gasteiger partial charge >= 0.3 is 0 Å². The molecule has 1 amide bonds. The number of likely N-dealkylation sites (tertiary alicyclic amines) is 1. The summed E-state index contributed by atoms with van der Waals surface area (Å²) >= 11 is 0. The van der Waals surface area contributed by atoms with Crippen molar-refractivity contribution in [1.82, 2.24) is 20.4 Å². The molecule has 0 radical (unpaired) electrons. The molecule has 1 saturated heterocycles. The van der Waals surface area contributed by atoms with Gasteiger partial charge in [-0.3, -0.25) is 9.69 Å². The lowest BCUT2D eigenvalue weighted by atomic mass is 10.1. The lowest BCUT2D eigenvalue weighted by molar-refractivity contribution is -0.130. The van der Waals surface area contributed by atoms with Gasteiger partial charge in [0.25, 0.3) is 0 Å². The van der Waals surface area contributed by atoms with Crippen molar-refractivity contribution in [3.63, 3.8) is 0 Å². The topological polar surface area (TPSA) is 80.2 Å². The third-order valence-electron chi connectivity index (χ3n) is 4.56. The van der Waals surface area contributed by atoms with Gasteiger partial charge in [0, 0.05) is 39.8 Å². The zero-order valence-corrected chi connectivity index (χ0v) is 16.3. The van der Waals surface area contributed by atoms with Crippen LogP contribution in [-0.2, 0) is 11.3 Å². The number of rotatable bonds is 6. The summed E-state index contributed by atoms with van der Waals surface area (Å²) in [6.45, 7) is 5.22. The molecular formula is C19H30FN5O2. The second kappa shape index (κ2) is 10.1. The van der Waals surface area contributed by atoms with E-state index in [2.05, 4.69) is 20.5 Å². The maximum Gasteiger partial charge on any atom is 0.236 e. The first kappa shape index (κ1) is 21.0. The molecule has 1 aromatic rings. The Morgan fingerprint density at radius 2 is 2.07 bits per heavy atom. The van der Waals surface area contributed by atoms with Gasteiger partial charge in [-0.2, -0.15) is 0 Å². The van der Waals surface area contributed by atoms with Crippen LogP contribution in [0.25, 0.3) is 0 Å². The zero-order valence-electron chi connectivity index (χ0n) is 16.3. The molecule has 0 atom stereocenters. The van der Waals surface area contributed by atoms with Gasteiger partial charge < -0.3 is 20.6 Å². The van der Waals surface area contributed by atoms with Crippen molar-refractivity contribution < 1.29 is 14.3 Å². The Kier molecular flexibility index (Phi) is 7.84. The van der Waals surface area contributed by atoms with Gasteiger partial charge in [0.1, 0.15) is 0 Å². The number of amides is 1. The minimum absolute atomic E-state index is 0.123. The third kappa shape index (κ3) is 6.71. The number of nitrogens with one attached hydrogen (secondary N) is 2.